The number of aromatic amines is 1. The van der Waals surface area contributed by atoms with E-state index in [1.165, 1.54) is 18.5 Å². The number of carbonyl (C=O) groups is 1. The summed E-state index contributed by atoms with van der Waals surface area (Å²) in [4.78, 5) is 29.9. The lowest BCUT2D eigenvalue weighted by Gasteiger charge is -2.03. The molecule has 6 heteroatoms. The van der Waals surface area contributed by atoms with Gasteiger partial charge in [0, 0.05) is 28.2 Å². The van der Waals surface area contributed by atoms with Crippen LogP contribution in [0.3, 0.4) is 0 Å². The fourth-order valence-corrected chi connectivity index (χ4v) is 1.55. The maximum absolute atomic E-state index is 11.7. The van der Waals surface area contributed by atoms with Crippen LogP contribution >= 0.6 is 22.6 Å². The monoisotopic (exact) mass is 341 g/mol. The fraction of sp³-hybridized carbons (Fsp3) is 0. The molecule has 0 aliphatic rings. The summed E-state index contributed by atoms with van der Waals surface area (Å²) >= 11 is 2.12. The highest BCUT2D eigenvalue weighted by Gasteiger charge is 2.09. The number of halogens is 1. The van der Waals surface area contributed by atoms with Gasteiger partial charge in [-0.2, -0.15) is 0 Å². The van der Waals surface area contributed by atoms with Gasteiger partial charge in [0.1, 0.15) is 11.4 Å². The SMILES string of the molecule is O=C(Nc1ccc(I)cn1)c1c[nH]ccc1=O. The first-order valence-corrected chi connectivity index (χ1v) is 5.85. The fourth-order valence-electron chi connectivity index (χ4n) is 1.23. The number of carbonyl (C=O) groups excluding carboxylic acids is 1. The summed E-state index contributed by atoms with van der Waals surface area (Å²) in [7, 11) is 0. The number of amides is 1. The van der Waals surface area contributed by atoms with Crippen LogP contribution in [0.25, 0.3) is 0 Å². The van der Waals surface area contributed by atoms with Crippen molar-refractivity contribution in [1.82, 2.24) is 9.97 Å². The highest BCUT2D eigenvalue weighted by Crippen LogP contribution is 2.07. The molecule has 2 aromatic heterocycles. The Balaban J connectivity index is 2.20. The minimum absolute atomic E-state index is 0.0628. The van der Waals surface area contributed by atoms with Crippen molar-refractivity contribution in [3.05, 3.63) is 56.1 Å². The van der Waals surface area contributed by atoms with Crippen molar-refractivity contribution in [3.63, 3.8) is 0 Å². The zero-order chi connectivity index (χ0) is 12.3. The van der Waals surface area contributed by atoms with Crippen molar-refractivity contribution in [2.75, 3.05) is 5.32 Å². The highest BCUT2D eigenvalue weighted by molar-refractivity contribution is 14.1. The van der Waals surface area contributed by atoms with E-state index < -0.39 is 5.91 Å². The Bertz CT molecular complexity index is 592. The molecular weight excluding hydrogens is 333 g/mol. The van der Waals surface area contributed by atoms with E-state index in [1.54, 1.807) is 12.3 Å². The number of pyridine rings is 2. The van der Waals surface area contributed by atoms with Gasteiger partial charge in [0.05, 0.1) is 0 Å². The van der Waals surface area contributed by atoms with Gasteiger partial charge in [0.2, 0.25) is 0 Å². The van der Waals surface area contributed by atoms with E-state index in [0.717, 1.165) is 3.57 Å². The summed E-state index contributed by atoms with van der Waals surface area (Å²) < 4.78 is 0.971. The summed E-state index contributed by atoms with van der Waals surface area (Å²) in [6, 6.07) is 4.80. The van der Waals surface area contributed by atoms with Gasteiger partial charge in [-0.25, -0.2) is 4.98 Å². The number of nitrogens with zero attached hydrogens (tertiary/aromatic N) is 1. The highest BCUT2D eigenvalue weighted by atomic mass is 127. The Labute approximate surface area is 110 Å². The number of rotatable bonds is 2. The predicted molar refractivity (Wildman–Crippen MR) is 72.0 cm³/mol. The largest absolute Gasteiger partial charge is 0.367 e. The van der Waals surface area contributed by atoms with Gasteiger partial charge in [-0.15, -0.1) is 0 Å². The summed E-state index contributed by atoms with van der Waals surface area (Å²) in [5.41, 5.74) is -0.264. The molecule has 0 aliphatic heterocycles. The lowest BCUT2D eigenvalue weighted by molar-refractivity contribution is 0.102. The molecule has 0 aromatic carbocycles. The Morgan fingerprint density at radius 1 is 1.35 bits per heavy atom. The van der Waals surface area contributed by atoms with Crippen molar-refractivity contribution in [1.29, 1.82) is 0 Å². The third-order valence-electron chi connectivity index (χ3n) is 2.04. The summed E-state index contributed by atoms with van der Waals surface area (Å²) in [6.07, 6.45) is 4.47. The normalized spacial score (nSPS) is 9.94. The van der Waals surface area contributed by atoms with E-state index in [-0.39, 0.29) is 11.0 Å². The molecule has 0 atom stereocenters. The molecule has 0 radical (unpaired) electrons. The summed E-state index contributed by atoms with van der Waals surface area (Å²) in [5.74, 6) is -0.0563. The number of hydrogen-bond acceptors (Lipinski definition) is 3. The second kappa shape index (κ2) is 5.09. The quantitative estimate of drug-likeness (QED) is 0.816. The average Bonchev–Trinajstić information content (AvgIpc) is 2.32. The van der Waals surface area contributed by atoms with Crippen LogP contribution < -0.4 is 10.7 Å². The van der Waals surface area contributed by atoms with Crippen molar-refractivity contribution in [2.24, 2.45) is 0 Å². The standard InChI is InChI=1S/C11H8IN3O2/c12-7-1-2-10(14-5-7)15-11(17)8-6-13-4-3-9(8)16/h1-6H,(H,13,16)(H,14,15,17). The molecule has 0 spiro atoms. The number of hydrogen-bond donors (Lipinski definition) is 2. The van der Waals surface area contributed by atoms with Crippen LogP contribution in [0.2, 0.25) is 0 Å². The topological polar surface area (TPSA) is 74.8 Å². The molecule has 5 nitrogen and oxygen atoms in total. The lowest BCUT2D eigenvalue weighted by Crippen LogP contribution is -2.21. The van der Waals surface area contributed by atoms with Gasteiger partial charge >= 0.3 is 0 Å². The smallest absolute Gasteiger partial charge is 0.262 e. The number of H-pyrrole nitrogens is 1. The molecule has 0 saturated heterocycles. The molecule has 86 valence electrons. The Kier molecular flexibility index (Phi) is 3.52. The molecule has 0 saturated carbocycles. The molecule has 0 fully saturated rings. The second-order valence-electron chi connectivity index (χ2n) is 3.24. The Hall–Kier alpha value is -1.70. The van der Waals surface area contributed by atoms with Crippen LogP contribution in [0.5, 0.6) is 0 Å². The predicted octanol–water partition coefficient (Wildman–Crippen LogP) is 1.63. The number of anilines is 1. The van der Waals surface area contributed by atoms with E-state index >= 15 is 0 Å². The summed E-state index contributed by atoms with van der Waals surface area (Å²) in [6.45, 7) is 0. The van der Waals surface area contributed by atoms with Crippen LogP contribution in [0.15, 0.2) is 41.6 Å². The molecule has 17 heavy (non-hydrogen) atoms. The molecule has 1 amide bonds. The first kappa shape index (κ1) is 11.8. The van der Waals surface area contributed by atoms with E-state index in [1.807, 2.05) is 6.07 Å². The van der Waals surface area contributed by atoms with Crippen molar-refractivity contribution < 1.29 is 4.79 Å². The van der Waals surface area contributed by atoms with E-state index in [0.29, 0.717) is 5.82 Å². The molecule has 0 aliphatic carbocycles. The van der Waals surface area contributed by atoms with Gasteiger partial charge in [-0.3, -0.25) is 9.59 Å². The van der Waals surface area contributed by atoms with Gasteiger partial charge in [-0.1, -0.05) is 0 Å². The molecule has 0 unspecified atom stereocenters. The molecule has 2 aromatic rings. The van der Waals surface area contributed by atoms with Crippen molar-refractivity contribution in [3.8, 4) is 0 Å². The third kappa shape index (κ3) is 2.90. The molecule has 2 rings (SSSR count). The lowest BCUT2D eigenvalue weighted by atomic mass is 10.2. The number of aromatic nitrogens is 2. The summed E-state index contributed by atoms with van der Waals surface area (Å²) in [5, 5.41) is 2.55. The molecule has 0 bridgehead atoms. The minimum Gasteiger partial charge on any atom is -0.367 e. The zero-order valence-electron chi connectivity index (χ0n) is 8.61. The van der Waals surface area contributed by atoms with Crippen LogP contribution in [-0.4, -0.2) is 15.9 Å². The van der Waals surface area contributed by atoms with Crippen LogP contribution in [-0.2, 0) is 0 Å². The first-order valence-electron chi connectivity index (χ1n) is 4.77. The van der Waals surface area contributed by atoms with Crippen LogP contribution in [0.4, 0.5) is 5.82 Å². The Morgan fingerprint density at radius 3 is 2.82 bits per heavy atom. The average molecular weight is 341 g/mol. The maximum Gasteiger partial charge on any atom is 0.262 e. The Morgan fingerprint density at radius 2 is 2.18 bits per heavy atom. The van der Waals surface area contributed by atoms with Crippen molar-refractivity contribution in [2.45, 2.75) is 0 Å². The number of nitrogens with one attached hydrogen (secondary N) is 2. The molecular formula is C11H8IN3O2. The van der Waals surface area contributed by atoms with Crippen molar-refractivity contribution >= 4 is 34.3 Å². The van der Waals surface area contributed by atoms with Crippen LogP contribution in [0, 0.1) is 3.57 Å². The van der Waals surface area contributed by atoms with E-state index in [9.17, 15) is 9.59 Å². The van der Waals surface area contributed by atoms with Gasteiger partial charge in [0.15, 0.2) is 5.43 Å². The minimum atomic E-state index is -0.472. The third-order valence-corrected chi connectivity index (χ3v) is 2.68. The maximum atomic E-state index is 11.7. The second-order valence-corrected chi connectivity index (χ2v) is 4.48. The molecule has 2 heterocycles. The van der Waals surface area contributed by atoms with Gasteiger partial charge in [0.25, 0.3) is 5.91 Å². The van der Waals surface area contributed by atoms with Gasteiger partial charge in [-0.05, 0) is 34.7 Å². The van der Waals surface area contributed by atoms with E-state index in [2.05, 4.69) is 37.9 Å². The van der Waals surface area contributed by atoms with E-state index in [4.69, 9.17) is 0 Å². The molecule has 2 N–H and O–H groups in total. The first-order chi connectivity index (χ1) is 8.16. The van der Waals surface area contributed by atoms with Crippen LogP contribution in [0.1, 0.15) is 10.4 Å². The zero-order valence-corrected chi connectivity index (χ0v) is 10.8. The van der Waals surface area contributed by atoms with Gasteiger partial charge < -0.3 is 10.3 Å².